The number of anilines is 1. The summed E-state index contributed by atoms with van der Waals surface area (Å²) < 4.78 is 43.2. The Morgan fingerprint density at radius 2 is 1.71 bits per heavy atom. The molecule has 4 nitrogen and oxygen atoms in total. The van der Waals surface area contributed by atoms with Gasteiger partial charge in [-0.15, -0.1) is 0 Å². The normalized spacial score (nSPS) is 11.8. The van der Waals surface area contributed by atoms with Crippen molar-refractivity contribution in [3.05, 3.63) is 59.0 Å². The summed E-state index contributed by atoms with van der Waals surface area (Å²) in [5.41, 5.74) is 1.91. The molecule has 3 rings (SSSR count). The highest BCUT2D eigenvalue weighted by molar-refractivity contribution is 5.91. The lowest BCUT2D eigenvalue weighted by atomic mass is 9.92. The number of amides is 1. The van der Waals surface area contributed by atoms with Gasteiger partial charge in [0.2, 0.25) is 5.91 Å². The van der Waals surface area contributed by atoms with Crippen LogP contribution in [-0.2, 0) is 11.3 Å². The summed E-state index contributed by atoms with van der Waals surface area (Å²) in [4.78, 5) is 16.3. The number of benzene rings is 1. The Hall–Kier alpha value is -2.83. The summed E-state index contributed by atoms with van der Waals surface area (Å²) in [6, 6.07) is 6.29. The van der Waals surface area contributed by atoms with E-state index in [4.69, 9.17) is 0 Å². The third-order valence-electron chi connectivity index (χ3n) is 4.26. The van der Waals surface area contributed by atoms with E-state index in [1.165, 1.54) is 18.2 Å². The van der Waals surface area contributed by atoms with Gasteiger partial charge >= 0.3 is 0 Å². The molecule has 0 saturated heterocycles. The van der Waals surface area contributed by atoms with E-state index in [2.05, 4.69) is 10.3 Å². The van der Waals surface area contributed by atoms with Crippen molar-refractivity contribution >= 4 is 22.8 Å². The Bertz CT molecular complexity index is 1030. The van der Waals surface area contributed by atoms with E-state index in [0.29, 0.717) is 16.6 Å². The minimum Gasteiger partial charge on any atom is -0.339 e. The number of pyridine rings is 1. The zero-order chi connectivity index (χ0) is 20.6. The van der Waals surface area contributed by atoms with E-state index < -0.39 is 17.5 Å². The van der Waals surface area contributed by atoms with E-state index in [1.54, 1.807) is 17.6 Å². The van der Waals surface area contributed by atoms with Gasteiger partial charge in [-0.25, -0.2) is 18.2 Å². The first-order chi connectivity index (χ1) is 13.0. The van der Waals surface area contributed by atoms with Gasteiger partial charge in [0.15, 0.2) is 11.6 Å². The molecule has 0 spiro atoms. The Morgan fingerprint density at radius 1 is 1.07 bits per heavy atom. The lowest BCUT2D eigenvalue weighted by Gasteiger charge is -2.17. The van der Waals surface area contributed by atoms with E-state index in [9.17, 15) is 18.0 Å². The first-order valence-corrected chi connectivity index (χ1v) is 8.93. The van der Waals surface area contributed by atoms with Gasteiger partial charge in [0, 0.05) is 30.8 Å². The molecule has 1 amide bonds. The van der Waals surface area contributed by atoms with Gasteiger partial charge in [-0.3, -0.25) is 4.79 Å². The molecule has 2 heterocycles. The molecule has 0 aliphatic carbocycles. The van der Waals surface area contributed by atoms with Crippen LogP contribution in [-0.4, -0.2) is 15.5 Å². The van der Waals surface area contributed by atoms with E-state index in [-0.39, 0.29) is 30.1 Å². The van der Waals surface area contributed by atoms with Crippen molar-refractivity contribution in [1.82, 2.24) is 9.55 Å². The highest BCUT2D eigenvalue weighted by Gasteiger charge is 2.19. The number of nitrogens with zero attached hydrogens (tertiary/aromatic N) is 2. The maximum atomic E-state index is 14.6. The van der Waals surface area contributed by atoms with Crippen LogP contribution in [0.3, 0.4) is 0 Å². The van der Waals surface area contributed by atoms with Crippen LogP contribution >= 0.6 is 0 Å². The molecule has 2 aromatic heterocycles. The van der Waals surface area contributed by atoms with E-state index >= 15 is 0 Å². The minimum atomic E-state index is -0.669. The van der Waals surface area contributed by atoms with Gasteiger partial charge in [-0.1, -0.05) is 20.8 Å². The number of carbonyl (C=O) groups is 1. The maximum absolute atomic E-state index is 14.6. The molecular weight excluding hydrogens is 367 g/mol. The largest absolute Gasteiger partial charge is 0.339 e. The molecule has 7 heteroatoms. The van der Waals surface area contributed by atoms with Crippen molar-refractivity contribution in [2.24, 2.45) is 5.41 Å². The number of halogens is 3. The summed E-state index contributed by atoms with van der Waals surface area (Å²) in [6.07, 6.45) is 0.233. The first-order valence-electron chi connectivity index (χ1n) is 8.93. The second-order valence-electron chi connectivity index (χ2n) is 8.16. The van der Waals surface area contributed by atoms with E-state index in [0.717, 1.165) is 11.8 Å². The number of rotatable bonds is 4. The predicted molar refractivity (Wildman–Crippen MR) is 103 cm³/mol. The summed E-state index contributed by atoms with van der Waals surface area (Å²) >= 11 is 0. The first kappa shape index (κ1) is 19.9. The van der Waals surface area contributed by atoms with Gasteiger partial charge in [0.05, 0.1) is 11.0 Å². The molecule has 1 aromatic carbocycles. The monoisotopic (exact) mass is 389 g/mol. The fourth-order valence-electron chi connectivity index (χ4n) is 3.12. The quantitative estimate of drug-likeness (QED) is 0.668. The minimum absolute atomic E-state index is 0.129. The maximum Gasteiger partial charge on any atom is 0.226 e. The smallest absolute Gasteiger partial charge is 0.226 e. The Labute approximate surface area is 161 Å². The van der Waals surface area contributed by atoms with Gasteiger partial charge in [-0.2, -0.15) is 0 Å². The third kappa shape index (κ3) is 4.52. The van der Waals surface area contributed by atoms with Crippen molar-refractivity contribution in [3.63, 3.8) is 0 Å². The molecule has 0 atom stereocenters. The fraction of sp³-hybridized carbons (Fsp3) is 0.333. The molecule has 0 aliphatic heterocycles. The van der Waals surface area contributed by atoms with Crippen LogP contribution in [0.1, 0.15) is 38.4 Å². The SMILES string of the molecule is Cc1cc2nc(NC(=O)CC(C)(C)C)c(F)cc2n1Cc1cc(F)cc(F)c1. The zero-order valence-corrected chi connectivity index (χ0v) is 16.2. The van der Waals surface area contributed by atoms with Crippen LogP contribution in [0.4, 0.5) is 19.0 Å². The molecule has 0 saturated carbocycles. The number of aryl methyl sites for hydroxylation is 1. The molecule has 0 radical (unpaired) electrons. The van der Waals surface area contributed by atoms with Crippen molar-refractivity contribution in [2.45, 2.75) is 40.7 Å². The molecule has 0 bridgehead atoms. The standard InChI is InChI=1S/C21H22F3N3O/c1-12-5-17-18(27(12)11-13-6-14(22)8-15(23)7-13)9-16(24)20(25-17)26-19(28)10-21(2,3)4/h5-9H,10-11H2,1-4H3,(H,25,26,28). The lowest BCUT2D eigenvalue weighted by molar-refractivity contribution is -0.117. The van der Waals surface area contributed by atoms with Crippen LogP contribution in [0, 0.1) is 29.8 Å². The highest BCUT2D eigenvalue weighted by Crippen LogP contribution is 2.25. The summed E-state index contributed by atoms with van der Waals surface area (Å²) in [7, 11) is 0. The predicted octanol–water partition coefficient (Wildman–Crippen LogP) is 5.19. The summed E-state index contributed by atoms with van der Waals surface area (Å²) in [5, 5.41) is 2.52. The number of fused-ring (bicyclic) bond motifs is 1. The Balaban J connectivity index is 1.93. The van der Waals surface area contributed by atoms with E-state index in [1.807, 2.05) is 20.8 Å². The average molecular weight is 389 g/mol. The topological polar surface area (TPSA) is 46.9 Å². The number of nitrogens with one attached hydrogen (secondary N) is 1. The van der Waals surface area contributed by atoms with Gasteiger partial charge in [-0.05, 0) is 36.1 Å². The van der Waals surface area contributed by atoms with Crippen LogP contribution in [0.5, 0.6) is 0 Å². The van der Waals surface area contributed by atoms with Gasteiger partial charge < -0.3 is 9.88 Å². The summed E-state index contributed by atoms with van der Waals surface area (Å²) in [6.45, 7) is 7.71. The van der Waals surface area contributed by atoms with Gasteiger partial charge in [0.25, 0.3) is 0 Å². The summed E-state index contributed by atoms with van der Waals surface area (Å²) in [5.74, 6) is -2.45. The molecule has 0 aliphatic rings. The molecule has 1 N–H and O–H groups in total. The molecular formula is C21H22F3N3O. The second kappa shape index (κ2) is 7.30. The van der Waals surface area contributed by atoms with Crippen LogP contribution in [0.15, 0.2) is 30.3 Å². The Morgan fingerprint density at radius 3 is 2.32 bits per heavy atom. The zero-order valence-electron chi connectivity index (χ0n) is 16.2. The van der Waals surface area contributed by atoms with Gasteiger partial charge in [0.1, 0.15) is 11.6 Å². The van der Waals surface area contributed by atoms with Crippen molar-refractivity contribution in [2.75, 3.05) is 5.32 Å². The lowest BCUT2D eigenvalue weighted by Crippen LogP contribution is -2.20. The van der Waals surface area contributed by atoms with Crippen LogP contribution < -0.4 is 5.32 Å². The molecule has 3 aromatic rings. The van der Waals surface area contributed by atoms with Crippen LogP contribution in [0.2, 0.25) is 0 Å². The highest BCUT2D eigenvalue weighted by atomic mass is 19.1. The second-order valence-corrected chi connectivity index (χ2v) is 8.16. The van der Waals surface area contributed by atoms with Crippen LogP contribution in [0.25, 0.3) is 11.0 Å². The van der Waals surface area contributed by atoms with Crippen molar-refractivity contribution in [1.29, 1.82) is 0 Å². The number of carbonyl (C=O) groups excluding carboxylic acids is 1. The molecule has 0 unspecified atom stereocenters. The number of hydrogen-bond acceptors (Lipinski definition) is 2. The molecule has 28 heavy (non-hydrogen) atoms. The van der Waals surface area contributed by atoms with Crippen molar-refractivity contribution < 1.29 is 18.0 Å². The molecule has 148 valence electrons. The number of aromatic nitrogens is 2. The average Bonchev–Trinajstić information content (AvgIpc) is 2.80. The number of hydrogen-bond donors (Lipinski definition) is 1. The molecule has 0 fully saturated rings. The fourth-order valence-corrected chi connectivity index (χ4v) is 3.12. The Kier molecular flexibility index (Phi) is 5.19. The third-order valence-corrected chi connectivity index (χ3v) is 4.26. The van der Waals surface area contributed by atoms with Crippen molar-refractivity contribution in [3.8, 4) is 0 Å².